The van der Waals surface area contributed by atoms with Crippen LogP contribution in [0.4, 0.5) is 5.69 Å². The fourth-order valence-corrected chi connectivity index (χ4v) is 3.44. The Morgan fingerprint density at radius 3 is 2.42 bits per heavy atom. The van der Waals surface area contributed by atoms with Crippen LogP contribution in [0.15, 0.2) is 60.7 Å². The summed E-state index contributed by atoms with van der Waals surface area (Å²) in [7, 11) is 1.89. The molecule has 0 atom stereocenters. The predicted molar refractivity (Wildman–Crippen MR) is 104 cm³/mol. The van der Waals surface area contributed by atoms with Crippen molar-refractivity contribution < 1.29 is 4.79 Å². The summed E-state index contributed by atoms with van der Waals surface area (Å²) in [6, 6.07) is 21.6. The summed E-state index contributed by atoms with van der Waals surface area (Å²) < 4.78 is 1.92. The fourth-order valence-electron chi connectivity index (χ4n) is 3.44. The van der Waals surface area contributed by atoms with E-state index in [0.29, 0.717) is 11.0 Å². The van der Waals surface area contributed by atoms with Crippen molar-refractivity contribution in [2.75, 3.05) is 5.32 Å². The van der Waals surface area contributed by atoms with E-state index in [1.807, 2.05) is 79.2 Å². The van der Waals surface area contributed by atoms with Crippen LogP contribution in [0.1, 0.15) is 5.56 Å². The number of nitrogens with one attached hydrogen (secondary N) is 1. The van der Waals surface area contributed by atoms with Crippen LogP contribution in [-0.2, 0) is 11.8 Å². The summed E-state index contributed by atoms with van der Waals surface area (Å²) in [6.45, 7) is 1.99. The Hall–Kier alpha value is -3.58. The molecule has 1 heterocycles. The van der Waals surface area contributed by atoms with Gasteiger partial charge < -0.3 is 9.88 Å². The maximum atomic E-state index is 12.8. The topological polar surface area (TPSA) is 57.8 Å². The quantitative estimate of drug-likeness (QED) is 0.606. The number of carbonyl (C=O) groups is 1. The molecule has 0 radical (unpaired) electrons. The highest BCUT2D eigenvalue weighted by Gasteiger charge is 2.17. The van der Waals surface area contributed by atoms with Crippen molar-refractivity contribution in [2.24, 2.45) is 7.05 Å². The van der Waals surface area contributed by atoms with Crippen molar-refractivity contribution in [3.05, 3.63) is 71.6 Å². The van der Waals surface area contributed by atoms with Gasteiger partial charge in [-0.05, 0) is 30.5 Å². The first-order chi connectivity index (χ1) is 12.6. The van der Waals surface area contributed by atoms with Crippen LogP contribution in [0.3, 0.4) is 0 Å². The summed E-state index contributed by atoms with van der Waals surface area (Å²) in [5.41, 5.74) is 2.89. The van der Waals surface area contributed by atoms with Gasteiger partial charge in [0.25, 0.3) is 5.91 Å². The van der Waals surface area contributed by atoms with E-state index in [0.717, 1.165) is 27.2 Å². The number of carbonyl (C=O) groups excluding carboxylic acids is 1. The highest BCUT2D eigenvalue weighted by Crippen LogP contribution is 2.25. The lowest BCUT2D eigenvalue weighted by molar-refractivity contribution is -0.111. The minimum atomic E-state index is -0.400. The molecule has 0 aliphatic rings. The number of hydrogen-bond donors (Lipinski definition) is 1. The smallest absolute Gasteiger partial charge is 0.268 e. The SMILES string of the molecule is Cc1ccc(NC(=O)/C(C#N)=c2/c3cccc4cccc(c43)n2C)cc1. The number of rotatable bonds is 2. The van der Waals surface area contributed by atoms with Crippen LogP contribution in [0, 0.1) is 18.3 Å². The Morgan fingerprint density at radius 2 is 1.73 bits per heavy atom. The Balaban J connectivity index is 1.95. The van der Waals surface area contributed by atoms with E-state index in [-0.39, 0.29) is 5.57 Å². The second-order valence-electron chi connectivity index (χ2n) is 6.40. The second-order valence-corrected chi connectivity index (χ2v) is 6.40. The maximum absolute atomic E-state index is 12.8. The van der Waals surface area contributed by atoms with Crippen LogP contribution < -0.4 is 10.7 Å². The third-order valence-electron chi connectivity index (χ3n) is 4.72. The van der Waals surface area contributed by atoms with Crippen molar-refractivity contribution in [2.45, 2.75) is 6.92 Å². The predicted octanol–water partition coefficient (Wildman–Crippen LogP) is 3.67. The first-order valence-electron chi connectivity index (χ1n) is 8.38. The number of hydrogen-bond acceptors (Lipinski definition) is 2. The number of benzene rings is 3. The number of aryl methyl sites for hydroxylation is 2. The van der Waals surface area contributed by atoms with Crippen molar-refractivity contribution in [3.63, 3.8) is 0 Å². The maximum Gasteiger partial charge on any atom is 0.268 e. The zero-order chi connectivity index (χ0) is 18.3. The highest BCUT2D eigenvalue weighted by molar-refractivity contribution is 6.26. The lowest BCUT2D eigenvalue weighted by atomic mass is 10.1. The van der Waals surface area contributed by atoms with Gasteiger partial charge in [-0.25, -0.2) is 0 Å². The average Bonchev–Trinajstić information content (AvgIpc) is 2.93. The van der Waals surface area contributed by atoms with E-state index >= 15 is 0 Å². The molecule has 0 bridgehead atoms. The zero-order valence-corrected chi connectivity index (χ0v) is 14.6. The van der Waals surface area contributed by atoms with Crippen LogP contribution >= 0.6 is 0 Å². The summed E-state index contributed by atoms with van der Waals surface area (Å²) in [5.74, 6) is -0.400. The molecule has 3 aromatic carbocycles. The molecule has 4 aromatic rings. The van der Waals surface area contributed by atoms with Crippen LogP contribution in [0.25, 0.3) is 27.2 Å². The molecule has 0 aliphatic heterocycles. The minimum absolute atomic E-state index is 0.108. The summed E-state index contributed by atoms with van der Waals surface area (Å²) in [6.07, 6.45) is 0. The Kier molecular flexibility index (Phi) is 3.70. The molecule has 1 aromatic heterocycles. The normalized spacial score (nSPS) is 12.2. The largest absolute Gasteiger partial charge is 0.342 e. The standard InChI is InChI=1S/C22H17N3O/c1-14-9-11-16(12-10-14)24-22(26)18(13-23)21-17-7-3-5-15-6-4-8-19(20(15)17)25(21)2/h3-12H,1-2H3,(H,24,26)/b21-18-. The summed E-state index contributed by atoms with van der Waals surface area (Å²) >= 11 is 0. The van der Waals surface area contributed by atoms with Crippen molar-refractivity contribution >= 4 is 38.8 Å². The van der Waals surface area contributed by atoms with Gasteiger partial charge in [0.1, 0.15) is 11.6 Å². The molecule has 0 fully saturated rings. The third kappa shape index (κ3) is 2.42. The third-order valence-corrected chi connectivity index (χ3v) is 4.72. The summed E-state index contributed by atoms with van der Waals surface area (Å²) in [4.78, 5) is 12.8. The van der Waals surface area contributed by atoms with E-state index in [1.165, 1.54) is 0 Å². The molecule has 0 saturated heterocycles. The van der Waals surface area contributed by atoms with E-state index in [1.54, 1.807) is 0 Å². The van der Waals surface area contributed by atoms with Crippen molar-refractivity contribution in [3.8, 4) is 6.07 Å². The number of nitrogens with zero attached hydrogens (tertiary/aromatic N) is 2. The number of aromatic nitrogens is 1. The molecule has 0 aliphatic carbocycles. The van der Waals surface area contributed by atoms with Gasteiger partial charge in [0.15, 0.2) is 0 Å². The Labute approximate surface area is 150 Å². The molecule has 0 saturated carbocycles. The zero-order valence-electron chi connectivity index (χ0n) is 14.6. The number of anilines is 1. The van der Waals surface area contributed by atoms with Gasteiger partial charge in [-0.3, -0.25) is 4.79 Å². The lowest BCUT2D eigenvalue weighted by Crippen LogP contribution is -2.24. The average molecular weight is 339 g/mol. The van der Waals surface area contributed by atoms with Crippen molar-refractivity contribution in [1.82, 2.24) is 4.57 Å². The molecule has 26 heavy (non-hydrogen) atoms. The van der Waals surface area contributed by atoms with Gasteiger partial charge >= 0.3 is 0 Å². The molecule has 4 rings (SSSR count). The Bertz CT molecular complexity index is 1240. The number of amides is 1. The van der Waals surface area contributed by atoms with E-state index in [4.69, 9.17) is 0 Å². The molecular formula is C22H17N3O. The first-order valence-corrected chi connectivity index (χ1v) is 8.38. The van der Waals surface area contributed by atoms with E-state index < -0.39 is 5.91 Å². The highest BCUT2D eigenvalue weighted by atomic mass is 16.1. The van der Waals surface area contributed by atoms with E-state index in [2.05, 4.69) is 11.4 Å². The molecule has 4 nitrogen and oxygen atoms in total. The van der Waals surface area contributed by atoms with Crippen LogP contribution in [0.5, 0.6) is 0 Å². The van der Waals surface area contributed by atoms with E-state index in [9.17, 15) is 10.1 Å². The second kappa shape index (κ2) is 6.05. The molecule has 126 valence electrons. The molecule has 0 spiro atoms. The Morgan fingerprint density at radius 1 is 1.04 bits per heavy atom. The minimum Gasteiger partial charge on any atom is -0.342 e. The monoisotopic (exact) mass is 339 g/mol. The molecule has 1 amide bonds. The van der Waals surface area contributed by atoms with Gasteiger partial charge in [-0.15, -0.1) is 0 Å². The molecular weight excluding hydrogens is 322 g/mol. The fraction of sp³-hybridized carbons (Fsp3) is 0.0909. The van der Waals surface area contributed by atoms with Gasteiger partial charge in [0, 0.05) is 29.0 Å². The first kappa shape index (κ1) is 15.9. The molecule has 0 unspecified atom stereocenters. The van der Waals surface area contributed by atoms with Gasteiger partial charge in [0.2, 0.25) is 0 Å². The lowest BCUT2D eigenvalue weighted by Gasteiger charge is -2.05. The number of nitriles is 1. The van der Waals surface area contributed by atoms with Gasteiger partial charge in [-0.2, -0.15) is 5.26 Å². The van der Waals surface area contributed by atoms with Crippen LogP contribution in [-0.4, -0.2) is 10.5 Å². The van der Waals surface area contributed by atoms with Crippen molar-refractivity contribution in [1.29, 1.82) is 5.26 Å². The molecule has 1 N–H and O–H groups in total. The van der Waals surface area contributed by atoms with Crippen LogP contribution in [0.2, 0.25) is 0 Å². The van der Waals surface area contributed by atoms with Gasteiger partial charge in [0.05, 0.1) is 5.35 Å². The van der Waals surface area contributed by atoms with Gasteiger partial charge in [-0.1, -0.05) is 48.0 Å². The molecule has 4 heteroatoms. The summed E-state index contributed by atoms with van der Waals surface area (Å²) in [5, 5.41) is 16.3.